The van der Waals surface area contributed by atoms with Gasteiger partial charge in [0.15, 0.2) is 0 Å². The van der Waals surface area contributed by atoms with E-state index >= 15 is 0 Å². The number of carbonyl (C=O) groups excluding carboxylic acids is 1. The van der Waals surface area contributed by atoms with E-state index in [2.05, 4.69) is 15.6 Å². The number of hydrogen-bond donors (Lipinski definition) is 2. The number of anilines is 2. The zero-order valence-corrected chi connectivity index (χ0v) is 17.7. The predicted octanol–water partition coefficient (Wildman–Crippen LogP) is 6.00. The quantitative estimate of drug-likeness (QED) is 0.379. The van der Waals surface area contributed by atoms with E-state index in [4.69, 9.17) is 0 Å². The third kappa shape index (κ3) is 5.23. The average molecular weight is 450 g/mol. The molecule has 33 heavy (non-hydrogen) atoms. The van der Waals surface area contributed by atoms with Crippen molar-refractivity contribution in [3.05, 3.63) is 97.1 Å². The van der Waals surface area contributed by atoms with Gasteiger partial charge in [0.1, 0.15) is 6.04 Å². The number of nitrogens with zero attached hydrogens (tertiary/aromatic N) is 2. The van der Waals surface area contributed by atoms with E-state index in [1.54, 1.807) is 19.1 Å². The fraction of sp³-hybridized carbons (Fsp3) is 0.120. The molecule has 1 heterocycles. The second kappa shape index (κ2) is 9.20. The van der Waals surface area contributed by atoms with Gasteiger partial charge in [0.25, 0.3) is 0 Å². The molecule has 0 aliphatic heterocycles. The van der Waals surface area contributed by atoms with Crippen molar-refractivity contribution < 1.29 is 18.0 Å². The van der Waals surface area contributed by atoms with Gasteiger partial charge in [0.05, 0.1) is 0 Å². The summed E-state index contributed by atoms with van der Waals surface area (Å²) in [6.07, 6.45) is -2.19. The summed E-state index contributed by atoms with van der Waals surface area (Å²) in [4.78, 5) is 16.0. The van der Waals surface area contributed by atoms with E-state index in [-0.39, 0.29) is 5.91 Å². The first-order valence-electron chi connectivity index (χ1n) is 10.2. The van der Waals surface area contributed by atoms with Crippen LogP contribution >= 0.6 is 0 Å². The van der Waals surface area contributed by atoms with Crippen LogP contribution in [0.2, 0.25) is 0 Å². The van der Waals surface area contributed by atoms with Crippen LogP contribution in [0.4, 0.5) is 24.5 Å². The first-order chi connectivity index (χ1) is 15.8. The van der Waals surface area contributed by atoms with Gasteiger partial charge in [-0.3, -0.25) is 9.36 Å². The summed E-state index contributed by atoms with van der Waals surface area (Å²) in [6, 6.07) is 23.2. The maximum absolute atomic E-state index is 13.1. The van der Waals surface area contributed by atoms with Gasteiger partial charge < -0.3 is 10.6 Å². The van der Waals surface area contributed by atoms with Crippen molar-refractivity contribution in [3.63, 3.8) is 0 Å². The van der Waals surface area contributed by atoms with Crippen molar-refractivity contribution in [2.24, 2.45) is 0 Å². The molecule has 0 bridgehead atoms. The van der Waals surface area contributed by atoms with E-state index in [0.717, 1.165) is 21.9 Å². The SMILES string of the molecule is CC(Nc1ccc(-n2ccnc2C(F)(F)F)cc1)C(=O)Nc1ccc(-c2ccccc2)cc1. The Morgan fingerprint density at radius 2 is 1.48 bits per heavy atom. The average Bonchev–Trinajstić information content (AvgIpc) is 3.31. The van der Waals surface area contributed by atoms with Crippen molar-refractivity contribution in [1.29, 1.82) is 0 Å². The van der Waals surface area contributed by atoms with Crippen molar-refractivity contribution in [1.82, 2.24) is 9.55 Å². The number of halogens is 3. The smallest absolute Gasteiger partial charge is 0.374 e. The molecule has 1 atom stereocenters. The number of alkyl halides is 3. The Hall–Kier alpha value is -4.07. The highest BCUT2D eigenvalue weighted by Gasteiger charge is 2.36. The minimum absolute atomic E-state index is 0.236. The van der Waals surface area contributed by atoms with Crippen molar-refractivity contribution in [2.45, 2.75) is 19.1 Å². The summed E-state index contributed by atoms with van der Waals surface area (Å²) in [5.74, 6) is -1.23. The molecule has 1 aromatic heterocycles. The Morgan fingerprint density at radius 1 is 0.879 bits per heavy atom. The number of rotatable bonds is 6. The van der Waals surface area contributed by atoms with Crippen LogP contribution in [0.15, 0.2) is 91.3 Å². The van der Waals surface area contributed by atoms with Gasteiger partial charge in [-0.25, -0.2) is 4.98 Å². The third-order valence-corrected chi connectivity index (χ3v) is 5.08. The molecule has 0 fully saturated rings. The molecular formula is C25H21F3N4O. The second-order valence-electron chi connectivity index (χ2n) is 7.46. The molecule has 2 N–H and O–H groups in total. The van der Waals surface area contributed by atoms with Crippen LogP contribution < -0.4 is 10.6 Å². The highest BCUT2D eigenvalue weighted by Crippen LogP contribution is 2.30. The van der Waals surface area contributed by atoms with Crippen LogP contribution in [0.3, 0.4) is 0 Å². The Labute approximate surface area is 188 Å². The summed E-state index contributed by atoms with van der Waals surface area (Å²) < 4.78 is 40.1. The molecule has 168 valence electrons. The lowest BCUT2D eigenvalue weighted by Gasteiger charge is -2.16. The molecule has 0 spiro atoms. The minimum atomic E-state index is -4.55. The van der Waals surface area contributed by atoms with Crippen LogP contribution in [-0.4, -0.2) is 21.5 Å². The number of nitrogens with one attached hydrogen (secondary N) is 2. The van der Waals surface area contributed by atoms with Crippen molar-refractivity contribution >= 4 is 17.3 Å². The highest BCUT2D eigenvalue weighted by atomic mass is 19.4. The van der Waals surface area contributed by atoms with E-state index in [1.165, 1.54) is 18.3 Å². The number of aromatic nitrogens is 2. The molecule has 0 aliphatic carbocycles. The van der Waals surface area contributed by atoms with Gasteiger partial charge in [-0.2, -0.15) is 13.2 Å². The Kier molecular flexibility index (Phi) is 6.17. The van der Waals surface area contributed by atoms with Crippen molar-refractivity contribution in [3.8, 4) is 16.8 Å². The van der Waals surface area contributed by atoms with Crippen molar-refractivity contribution in [2.75, 3.05) is 10.6 Å². The zero-order chi connectivity index (χ0) is 23.4. The number of amides is 1. The number of hydrogen-bond acceptors (Lipinski definition) is 3. The second-order valence-corrected chi connectivity index (χ2v) is 7.46. The first-order valence-corrected chi connectivity index (χ1v) is 10.2. The number of benzene rings is 3. The fourth-order valence-electron chi connectivity index (χ4n) is 3.38. The molecule has 0 aliphatic rings. The van der Waals surface area contributed by atoms with Crippen LogP contribution in [0.25, 0.3) is 16.8 Å². The lowest BCUT2D eigenvalue weighted by Crippen LogP contribution is -2.31. The summed E-state index contributed by atoms with van der Waals surface area (Å²) in [6.45, 7) is 1.71. The summed E-state index contributed by atoms with van der Waals surface area (Å²) in [5.41, 5.74) is 3.73. The lowest BCUT2D eigenvalue weighted by atomic mass is 10.1. The van der Waals surface area contributed by atoms with Crippen LogP contribution in [0, 0.1) is 0 Å². The molecule has 0 saturated carbocycles. The Balaban J connectivity index is 1.38. The Bertz CT molecular complexity index is 1220. The number of carbonyl (C=O) groups is 1. The topological polar surface area (TPSA) is 59.0 Å². The molecule has 8 heteroatoms. The largest absolute Gasteiger partial charge is 0.450 e. The molecular weight excluding hydrogens is 429 g/mol. The maximum Gasteiger partial charge on any atom is 0.450 e. The molecule has 4 aromatic rings. The minimum Gasteiger partial charge on any atom is -0.374 e. The van der Waals surface area contributed by atoms with E-state index in [9.17, 15) is 18.0 Å². The van der Waals surface area contributed by atoms with E-state index < -0.39 is 18.0 Å². The molecule has 0 radical (unpaired) electrons. The van der Waals surface area contributed by atoms with E-state index in [0.29, 0.717) is 17.1 Å². The molecule has 5 nitrogen and oxygen atoms in total. The van der Waals surface area contributed by atoms with Gasteiger partial charge in [0, 0.05) is 29.5 Å². The maximum atomic E-state index is 13.1. The standard InChI is InChI=1S/C25H21F3N4O/c1-17(23(33)31-21-9-7-19(8-10-21)18-5-3-2-4-6-18)30-20-11-13-22(14-12-20)32-16-15-29-24(32)25(26,27)28/h2-17,30H,1H3,(H,31,33). The fourth-order valence-corrected chi connectivity index (χ4v) is 3.38. The van der Waals surface area contributed by atoms with Crippen LogP contribution in [0.5, 0.6) is 0 Å². The molecule has 3 aromatic carbocycles. The summed E-state index contributed by atoms with van der Waals surface area (Å²) in [7, 11) is 0. The van der Waals surface area contributed by atoms with E-state index in [1.807, 2.05) is 54.6 Å². The predicted molar refractivity (Wildman–Crippen MR) is 122 cm³/mol. The zero-order valence-electron chi connectivity index (χ0n) is 17.7. The number of imidazole rings is 1. The van der Waals surface area contributed by atoms with Gasteiger partial charge in [0.2, 0.25) is 11.7 Å². The lowest BCUT2D eigenvalue weighted by molar-refractivity contribution is -0.145. The molecule has 1 unspecified atom stereocenters. The third-order valence-electron chi connectivity index (χ3n) is 5.08. The highest BCUT2D eigenvalue weighted by molar-refractivity contribution is 5.96. The van der Waals surface area contributed by atoms with Gasteiger partial charge in [-0.15, -0.1) is 0 Å². The van der Waals surface area contributed by atoms with Gasteiger partial charge >= 0.3 is 6.18 Å². The van der Waals surface area contributed by atoms with Crippen LogP contribution in [-0.2, 0) is 11.0 Å². The normalized spacial score (nSPS) is 12.2. The van der Waals surface area contributed by atoms with Crippen LogP contribution in [0.1, 0.15) is 12.7 Å². The molecule has 0 saturated heterocycles. The first kappa shape index (κ1) is 22.1. The Morgan fingerprint density at radius 3 is 2.12 bits per heavy atom. The molecule has 1 amide bonds. The monoisotopic (exact) mass is 450 g/mol. The van der Waals surface area contributed by atoms with Gasteiger partial charge in [-0.05, 0) is 54.4 Å². The van der Waals surface area contributed by atoms with Gasteiger partial charge in [-0.1, -0.05) is 42.5 Å². The summed E-state index contributed by atoms with van der Waals surface area (Å²) >= 11 is 0. The molecule has 4 rings (SSSR count). The summed E-state index contributed by atoms with van der Waals surface area (Å²) in [5, 5.41) is 5.92.